The topological polar surface area (TPSA) is 116 Å². The summed E-state index contributed by atoms with van der Waals surface area (Å²) in [5.41, 5.74) is 1.29. The molecule has 1 fully saturated rings. The summed E-state index contributed by atoms with van der Waals surface area (Å²) < 4.78 is 12.6. The number of nitrogens with one attached hydrogen (secondary N) is 1. The molecule has 1 aliphatic carbocycles. The highest BCUT2D eigenvalue weighted by Gasteiger charge is 2.31. The Labute approximate surface area is 155 Å². The van der Waals surface area contributed by atoms with Crippen LogP contribution in [0.1, 0.15) is 35.4 Å². The van der Waals surface area contributed by atoms with Gasteiger partial charge in [-0.05, 0) is 31.4 Å². The van der Waals surface area contributed by atoms with E-state index in [0.717, 1.165) is 12.8 Å². The van der Waals surface area contributed by atoms with Gasteiger partial charge in [-0.3, -0.25) is 4.79 Å². The van der Waals surface area contributed by atoms with Gasteiger partial charge in [-0.1, -0.05) is 18.1 Å². The van der Waals surface area contributed by atoms with Crippen molar-refractivity contribution < 1.29 is 24.2 Å². The predicted octanol–water partition coefficient (Wildman–Crippen LogP) is 1.33. The van der Waals surface area contributed by atoms with E-state index in [4.69, 9.17) is 9.47 Å². The van der Waals surface area contributed by atoms with Crippen molar-refractivity contribution in [3.8, 4) is 17.2 Å². The van der Waals surface area contributed by atoms with Crippen LogP contribution in [0.15, 0.2) is 18.2 Å². The average molecular weight is 372 g/mol. The number of aromatic nitrogens is 3. The fourth-order valence-corrected chi connectivity index (χ4v) is 3.08. The monoisotopic (exact) mass is 372 g/mol. The molecule has 4 rings (SSSR count). The van der Waals surface area contributed by atoms with E-state index in [1.807, 2.05) is 0 Å². The lowest BCUT2D eigenvalue weighted by Crippen LogP contribution is -2.41. The van der Waals surface area contributed by atoms with Crippen LogP contribution >= 0.6 is 0 Å². The molecule has 2 aromatic rings. The second kappa shape index (κ2) is 6.90. The van der Waals surface area contributed by atoms with Gasteiger partial charge in [0.05, 0.1) is 11.4 Å². The molecular formula is C18H20N4O5. The normalized spacial score (nSPS) is 16.6. The maximum Gasteiger partial charge on any atom is 0.326 e. The Balaban J connectivity index is 1.54. The maximum atomic E-state index is 12.5. The van der Waals surface area contributed by atoms with E-state index in [-0.39, 0.29) is 5.69 Å². The summed E-state index contributed by atoms with van der Waals surface area (Å²) in [6, 6.07) is 4.43. The van der Waals surface area contributed by atoms with Gasteiger partial charge >= 0.3 is 5.97 Å². The number of amides is 1. The second-order valence-corrected chi connectivity index (χ2v) is 6.81. The van der Waals surface area contributed by atoms with Crippen molar-refractivity contribution in [3.63, 3.8) is 0 Å². The van der Waals surface area contributed by atoms with Gasteiger partial charge < -0.3 is 19.9 Å². The number of carboxylic acids is 1. The minimum Gasteiger partial charge on any atom is -0.486 e. The van der Waals surface area contributed by atoms with Gasteiger partial charge in [-0.2, -0.15) is 0 Å². The van der Waals surface area contributed by atoms with Crippen molar-refractivity contribution in [1.82, 2.24) is 20.3 Å². The number of carbonyl (C=O) groups excluding carboxylic acids is 1. The van der Waals surface area contributed by atoms with E-state index in [1.165, 1.54) is 4.68 Å². The standard InChI is InChI=1S/C18H20N4O5/c1-10-16(17(23)19-13(18(24)25)8-11-2-3-11)20-21-22(10)12-4-5-14-15(9-12)27-7-6-26-14/h4-5,9,11,13H,2-3,6-8H2,1H3,(H,19,23)(H,24,25). The number of hydrogen-bond acceptors (Lipinski definition) is 6. The highest BCUT2D eigenvalue weighted by molar-refractivity contribution is 5.95. The summed E-state index contributed by atoms with van der Waals surface area (Å²) in [6.07, 6.45) is 2.47. The Morgan fingerprint density at radius 1 is 1.30 bits per heavy atom. The first-order chi connectivity index (χ1) is 13.0. The summed E-state index contributed by atoms with van der Waals surface area (Å²) in [6.45, 7) is 2.69. The lowest BCUT2D eigenvalue weighted by Gasteiger charge is -2.19. The molecule has 1 aromatic carbocycles. The van der Waals surface area contributed by atoms with Crippen LogP contribution in [0.3, 0.4) is 0 Å². The van der Waals surface area contributed by atoms with Crippen LogP contribution < -0.4 is 14.8 Å². The van der Waals surface area contributed by atoms with E-state index in [0.29, 0.717) is 48.4 Å². The molecule has 142 valence electrons. The molecule has 1 aliphatic heterocycles. The Kier molecular flexibility index (Phi) is 4.43. The Morgan fingerprint density at radius 3 is 2.74 bits per heavy atom. The van der Waals surface area contributed by atoms with Crippen molar-refractivity contribution in [2.75, 3.05) is 13.2 Å². The molecule has 0 saturated heterocycles. The van der Waals surface area contributed by atoms with Crippen molar-refractivity contribution in [2.24, 2.45) is 5.92 Å². The van der Waals surface area contributed by atoms with E-state index >= 15 is 0 Å². The van der Waals surface area contributed by atoms with Gasteiger partial charge in [0.25, 0.3) is 5.91 Å². The average Bonchev–Trinajstić information content (AvgIpc) is 3.40. The molecule has 1 unspecified atom stereocenters. The minimum absolute atomic E-state index is 0.104. The Morgan fingerprint density at radius 2 is 2.04 bits per heavy atom. The van der Waals surface area contributed by atoms with Crippen molar-refractivity contribution in [2.45, 2.75) is 32.2 Å². The van der Waals surface area contributed by atoms with E-state index in [2.05, 4.69) is 15.6 Å². The molecule has 0 bridgehead atoms. The molecule has 2 heterocycles. The van der Waals surface area contributed by atoms with E-state index < -0.39 is 17.9 Å². The molecule has 27 heavy (non-hydrogen) atoms. The zero-order valence-electron chi connectivity index (χ0n) is 14.8. The smallest absolute Gasteiger partial charge is 0.326 e. The van der Waals surface area contributed by atoms with Gasteiger partial charge in [0, 0.05) is 6.07 Å². The van der Waals surface area contributed by atoms with Gasteiger partial charge in [0.2, 0.25) is 0 Å². The molecule has 1 amide bonds. The highest BCUT2D eigenvalue weighted by atomic mass is 16.6. The number of nitrogens with zero attached hydrogens (tertiary/aromatic N) is 3. The van der Waals surface area contributed by atoms with Crippen LogP contribution in [0, 0.1) is 12.8 Å². The van der Waals surface area contributed by atoms with E-state index in [9.17, 15) is 14.7 Å². The maximum absolute atomic E-state index is 12.5. The fraction of sp³-hybridized carbons (Fsp3) is 0.444. The molecule has 1 atom stereocenters. The lowest BCUT2D eigenvalue weighted by atomic mass is 10.1. The van der Waals surface area contributed by atoms with Crippen LogP contribution in [-0.2, 0) is 4.79 Å². The number of aliphatic carboxylic acids is 1. The van der Waals surface area contributed by atoms with Gasteiger partial charge in [0.1, 0.15) is 19.3 Å². The number of carboxylic acid groups (broad SMARTS) is 1. The number of rotatable bonds is 6. The first-order valence-corrected chi connectivity index (χ1v) is 8.89. The van der Waals surface area contributed by atoms with Crippen molar-refractivity contribution in [1.29, 1.82) is 0 Å². The molecule has 2 aliphatic rings. The summed E-state index contributed by atoms with van der Waals surface area (Å²) in [5, 5.41) is 19.9. The van der Waals surface area contributed by atoms with Gasteiger partial charge in [-0.15, -0.1) is 5.10 Å². The number of hydrogen-bond donors (Lipinski definition) is 2. The van der Waals surface area contributed by atoms with Crippen LogP contribution in [-0.4, -0.2) is 51.2 Å². The van der Waals surface area contributed by atoms with Crippen LogP contribution in [0.25, 0.3) is 5.69 Å². The van der Waals surface area contributed by atoms with Crippen LogP contribution in [0.2, 0.25) is 0 Å². The van der Waals surface area contributed by atoms with Gasteiger partial charge in [-0.25, -0.2) is 9.48 Å². The lowest BCUT2D eigenvalue weighted by molar-refractivity contribution is -0.139. The molecule has 0 radical (unpaired) electrons. The molecular weight excluding hydrogens is 352 g/mol. The zero-order chi connectivity index (χ0) is 19.0. The molecule has 1 saturated carbocycles. The van der Waals surface area contributed by atoms with Crippen molar-refractivity contribution in [3.05, 3.63) is 29.6 Å². The molecule has 0 spiro atoms. The minimum atomic E-state index is -1.04. The van der Waals surface area contributed by atoms with Crippen LogP contribution in [0.4, 0.5) is 0 Å². The third-order valence-corrected chi connectivity index (χ3v) is 4.75. The Bertz CT molecular complexity index is 890. The predicted molar refractivity (Wildman–Crippen MR) is 93.3 cm³/mol. The number of fused-ring (bicyclic) bond motifs is 1. The molecule has 1 aromatic heterocycles. The molecule has 9 nitrogen and oxygen atoms in total. The fourth-order valence-electron chi connectivity index (χ4n) is 3.08. The Hall–Kier alpha value is -3.10. The van der Waals surface area contributed by atoms with Gasteiger partial charge in [0.15, 0.2) is 17.2 Å². The summed E-state index contributed by atoms with van der Waals surface area (Å²) >= 11 is 0. The quantitative estimate of drug-likeness (QED) is 0.786. The summed E-state index contributed by atoms with van der Waals surface area (Å²) in [4.78, 5) is 23.9. The first kappa shape index (κ1) is 17.3. The first-order valence-electron chi connectivity index (χ1n) is 8.89. The zero-order valence-corrected chi connectivity index (χ0v) is 14.8. The highest BCUT2D eigenvalue weighted by Crippen LogP contribution is 2.34. The molecule has 2 N–H and O–H groups in total. The summed E-state index contributed by atoms with van der Waals surface area (Å²) in [5.74, 6) is 0.0671. The second-order valence-electron chi connectivity index (χ2n) is 6.81. The van der Waals surface area contributed by atoms with E-state index in [1.54, 1.807) is 25.1 Å². The number of carbonyl (C=O) groups is 2. The SMILES string of the molecule is Cc1c(C(=O)NC(CC2CC2)C(=O)O)nnn1-c1ccc2c(c1)OCCO2. The third-order valence-electron chi connectivity index (χ3n) is 4.75. The largest absolute Gasteiger partial charge is 0.486 e. The van der Waals surface area contributed by atoms with Crippen molar-refractivity contribution >= 4 is 11.9 Å². The summed E-state index contributed by atoms with van der Waals surface area (Å²) in [7, 11) is 0. The number of benzene rings is 1. The third kappa shape index (κ3) is 3.57. The molecule has 9 heteroatoms. The number of ether oxygens (including phenoxy) is 2. The van der Waals surface area contributed by atoms with Crippen LogP contribution in [0.5, 0.6) is 11.5 Å².